The van der Waals surface area contributed by atoms with Gasteiger partial charge in [0.25, 0.3) is 0 Å². The summed E-state index contributed by atoms with van der Waals surface area (Å²) in [6.45, 7) is 4.66. The molecule has 0 aliphatic rings. The zero-order valence-electron chi connectivity index (χ0n) is 9.97. The van der Waals surface area contributed by atoms with Crippen LogP contribution in [0.3, 0.4) is 0 Å². The number of ether oxygens (including phenoxy) is 2. The molecule has 0 saturated carbocycles. The van der Waals surface area contributed by atoms with E-state index < -0.39 is 5.97 Å². The molecule has 0 aliphatic heterocycles. The number of benzene rings is 1. The van der Waals surface area contributed by atoms with Gasteiger partial charge in [-0.25, -0.2) is 4.79 Å². The van der Waals surface area contributed by atoms with Crippen molar-refractivity contribution in [3.8, 4) is 5.75 Å². The molecule has 1 unspecified atom stereocenters. The summed E-state index contributed by atoms with van der Waals surface area (Å²) in [7, 11) is 0. The van der Waals surface area contributed by atoms with E-state index in [9.17, 15) is 4.79 Å². The smallest absolute Gasteiger partial charge is 0.339 e. The average Bonchev–Trinajstić information content (AvgIpc) is 2.28. The lowest BCUT2D eigenvalue weighted by Gasteiger charge is -2.17. The van der Waals surface area contributed by atoms with E-state index in [0.29, 0.717) is 18.9 Å². The van der Waals surface area contributed by atoms with Crippen LogP contribution in [0.15, 0.2) is 18.2 Å². The molecule has 0 aliphatic carbocycles. The number of carbonyl (C=O) groups is 1. The summed E-state index contributed by atoms with van der Waals surface area (Å²) in [6, 6.07) is 4.65. The molecule has 5 heteroatoms. The third kappa shape index (κ3) is 3.64. The zero-order chi connectivity index (χ0) is 12.8. The van der Waals surface area contributed by atoms with Gasteiger partial charge in [-0.15, -0.1) is 0 Å². The van der Waals surface area contributed by atoms with Crippen LogP contribution in [-0.4, -0.2) is 30.4 Å². The summed E-state index contributed by atoms with van der Waals surface area (Å²) in [4.78, 5) is 11.0. The predicted molar refractivity (Wildman–Crippen MR) is 64.4 cm³/mol. The first-order valence-electron chi connectivity index (χ1n) is 5.42. The molecule has 3 N–H and O–H groups in total. The summed E-state index contributed by atoms with van der Waals surface area (Å²) in [5, 5.41) is 9.01. The van der Waals surface area contributed by atoms with E-state index >= 15 is 0 Å². The van der Waals surface area contributed by atoms with E-state index in [1.807, 2.05) is 6.92 Å². The molecule has 0 heterocycles. The van der Waals surface area contributed by atoms with Gasteiger partial charge in [0.15, 0.2) is 5.75 Å². The van der Waals surface area contributed by atoms with E-state index in [0.717, 1.165) is 0 Å². The Morgan fingerprint density at radius 2 is 2.24 bits per heavy atom. The third-order valence-electron chi connectivity index (χ3n) is 2.15. The highest BCUT2D eigenvalue weighted by Gasteiger charge is 2.16. The highest BCUT2D eigenvalue weighted by atomic mass is 16.5. The van der Waals surface area contributed by atoms with Gasteiger partial charge in [-0.05, 0) is 26.0 Å². The monoisotopic (exact) mass is 239 g/mol. The minimum absolute atomic E-state index is 0.0633. The van der Waals surface area contributed by atoms with Crippen LogP contribution in [-0.2, 0) is 4.74 Å². The Bertz CT molecular complexity index is 392. The Morgan fingerprint density at radius 3 is 2.82 bits per heavy atom. The van der Waals surface area contributed by atoms with E-state index in [-0.39, 0.29) is 17.4 Å². The summed E-state index contributed by atoms with van der Waals surface area (Å²) in [5.74, 6) is -0.858. The van der Waals surface area contributed by atoms with Gasteiger partial charge in [0.1, 0.15) is 11.7 Å². The Hall–Kier alpha value is -1.75. The summed E-state index contributed by atoms with van der Waals surface area (Å²) in [6.07, 6.45) is -0.252. The lowest BCUT2D eigenvalue weighted by Crippen LogP contribution is -2.21. The highest BCUT2D eigenvalue weighted by Crippen LogP contribution is 2.27. The Morgan fingerprint density at radius 1 is 1.53 bits per heavy atom. The average molecular weight is 239 g/mol. The molecule has 0 amide bonds. The number of para-hydroxylation sites is 1. The number of hydrogen-bond acceptors (Lipinski definition) is 4. The maximum absolute atomic E-state index is 11.0. The van der Waals surface area contributed by atoms with Gasteiger partial charge < -0.3 is 20.3 Å². The van der Waals surface area contributed by atoms with Gasteiger partial charge in [-0.3, -0.25) is 0 Å². The van der Waals surface area contributed by atoms with Gasteiger partial charge in [0.05, 0.1) is 12.3 Å². The van der Waals surface area contributed by atoms with Crippen LogP contribution in [0.5, 0.6) is 5.75 Å². The summed E-state index contributed by atoms with van der Waals surface area (Å²) >= 11 is 0. The molecular formula is C12H17NO4. The molecule has 0 aromatic heterocycles. The normalized spacial score (nSPS) is 12.1. The van der Waals surface area contributed by atoms with Crippen molar-refractivity contribution in [3.63, 3.8) is 0 Å². The number of rotatable bonds is 6. The fourth-order valence-electron chi connectivity index (χ4n) is 1.37. The van der Waals surface area contributed by atoms with Gasteiger partial charge in [0, 0.05) is 6.61 Å². The van der Waals surface area contributed by atoms with E-state index in [2.05, 4.69) is 0 Å². The number of carboxylic acid groups (broad SMARTS) is 1. The molecule has 1 aromatic carbocycles. The first-order valence-corrected chi connectivity index (χ1v) is 5.42. The van der Waals surface area contributed by atoms with Crippen LogP contribution >= 0.6 is 0 Å². The lowest BCUT2D eigenvalue weighted by atomic mass is 10.1. The van der Waals surface area contributed by atoms with Crippen LogP contribution in [0.4, 0.5) is 5.69 Å². The van der Waals surface area contributed by atoms with Gasteiger partial charge >= 0.3 is 5.97 Å². The molecule has 0 spiro atoms. The molecule has 0 fully saturated rings. The van der Waals surface area contributed by atoms with Crippen LogP contribution < -0.4 is 10.5 Å². The Balaban J connectivity index is 2.85. The molecule has 0 bridgehead atoms. The van der Waals surface area contributed by atoms with Gasteiger partial charge in [-0.2, -0.15) is 0 Å². The molecule has 0 radical (unpaired) electrons. The van der Waals surface area contributed by atoms with Crippen molar-refractivity contribution in [1.29, 1.82) is 0 Å². The first kappa shape index (κ1) is 13.3. The Labute approximate surface area is 100 Å². The standard InChI is InChI=1S/C12H17NO4/c1-3-16-7-8(2)17-11-9(12(14)15)5-4-6-10(11)13/h4-6,8H,3,7,13H2,1-2H3,(H,14,15). The highest BCUT2D eigenvalue weighted by molar-refractivity contribution is 5.93. The topological polar surface area (TPSA) is 81.8 Å². The van der Waals surface area contributed by atoms with Gasteiger partial charge in [0.2, 0.25) is 0 Å². The van der Waals surface area contributed by atoms with Crippen molar-refractivity contribution in [2.75, 3.05) is 18.9 Å². The van der Waals surface area contributed by atoms with E-state index in [1.54, 1.807) is 19.1 Å². The maximum Gasteiger partial charge on any atom is 0.339 e. The molecule has 1 atom stereocenters. The first-order chi connectivity index (χ1) is 8.06. The van der Waals surface area contributed by atoms with Crippen molar-refractivity contribution >= 4 is 11.7 Å². The number of nitrogens with two attached hydrogens (primary N) is 1. The van der Waals surface area contributed by atoms with Crippen molar-refractivity contribution in [1.82, 2.24) is 0 Å². The van der Waals surface area contributed by atoms with Crippen LogP contribution in [0.2, 0.25) is 0 Å². The number of nitrogen functional groups attached to an aromatic ring is 1. The minimum Gasteiger partial charge on any atom is -0.485 e. The molecule has 5 nitrogen and oxygen atoms in total. The quantitative estimate of drug-likeness (QED) is 0.739. The van der Waals surface area contributed by atoms with Crippen molar-refractivity contribution in [2.45, 2.75) is 20.0 Å². The van der Waals surface area contributed by atoms with Crippen molar-refractivity contribution < 1.29 is 19.4 Å². The molecule has 94 valence electrons. The molecular weight excluding hydrogens is 222 g/mol. The second kappa shape index (κ2) is 6.10. The predicted octanol–water partition coefficient (Wildman–Crippen LogP) is 1.77. The van der Waals surface area contributed by atoms with Crippen LogP contribution in [0.1, 0.15) is 24.2 Å². The largest absolute Gasteiger partial charge is 0.485 e. The SMILES string of the molecule is CCOCC(C)Oc1c(N)cccc1C(=O)O. The fraction of sp³-hybridized carbons (Fsp3) is 0.417. The van der Waals surface area contributed by atoms with Crippen LogP contribution in [0.25, 0.3) is 0 Å². The minimum atomic E-state index is -1.06. The second-order valence-electron chi connectivity index (χ2n) is 3.62. The zero-order valence-corrected chi connectivity index (χ0v) is 9.97. The Kier molecular flexibility index (Phi) is 4.78. The molecule has 1 rings (SSSR count). The fourth-order valence-corrected chi connectivity index (χ4v) is 1.37. The lowest BCUT2D eigenvalue weighted by molar-refractivity contribution is 0.0610. The molecule has 0 saturated heterocycles. The second-order valence-corrected chi connectivity index (χ2v) is 3.62. The van der Waals surface area contributed by atoms with Crippen molar-refractivity contribution in [2.24, 2.45) is 0 Å². The van der Waals surface area contributed by atoms with Crippen LogP contribution in [0, 0.1) is 0 Å². The summed E-state index contributed by atoms with van der Waals surface area (Å²) < 4.78 is 10.7. The van der Waals surface area contributed by atoms with Crippen molar-refractivity contribution in [3.05, 3.63) is 23.8 Å². The molecule has 17 heavy (non-hydrogen) atoms. The number of carboxylic acids is 1. The van der Waals surface area contributed by atoms with Gasteiger partial charge in [-0.1, -0.05) is 6.07 Å². The van der Waals surface area contributed by atoms with E-state index in [1.165, 1.54) is 6.07 Å². The number of aromatic carboxylic acids is 1. The van der Waals surface area contributed by atoms with E-state index in [4.69, 9.17) is 20.3 Å². The third-order valence-corrected chi connectivity index (χ3v) is 2.15. The molecule has 1 aromatic rings. The number of hydrogen-bond donors (Lipinski definition) is 2. The summed E-state index contributed by atoms with van der Waals surface area (Å²) in [5.41, 5.74) is 6.08. The maximum atomic E-state index is 11.0. The number of anilines is 1.